The van der Waals surface area contributed by atoms with E-state index in [-0.39, 0.29) is 6.03 Å². The highest BCUT2D eigenvalue weighted by molar-refractivity contribution is 5.74. The molecule has 122 valence electrons. The SMILES string of the molecule is CC1CCCC(N(C)C(=O)NCCN2CCCC(C)C2)C1. The Labute approximate surface area is 130 Å². The quantitative estimate of drug-likeness (QED) is 0.865. The normalized spacial score (nSPS) is 30.9. The maximum Gasteiger partial charge on any atom is 0.317 e. The van der Waals surface area contributed by atoms with E-state index in [2.05, 4.69) is 24.1 Å². The van der Waals surface area contributed by atoms with Crippen LogP contribution in [-0.2, 0) is 0 Å². The highest BCUT2D eigenvalue weighted by Crippen LogP contribution is 2.26. The third-order valence-electron chi connectivity index (χ3n) is 5.22. The van der Waals surface area contributed by atoms with E-state index in [4.69, 9.17) is 0 Å². The number of rotatable bonds is 4. The summed E-state index contributed by atoms with van der Waals surface area (Å²) in [6, 6.07) is 0.544. The largest absolute Gasteiger partial charge is 0.337 e. The molecule has 3 atom stereocenters. The standard InChI is InChI=1S/C17H33N3O/c1-14-6-4-8-16(12-14)19(3)17(21)18-9-11-20-10-5-7-15(2)13-20/h14-16H,4-13H2,1-3H3,(H,18,21). The van der Waals surface area contributed by atoms with Gasteiger partial charge in [-0.05, 0) is 44.1 Å². The molecule has 0 aromatic heterocycles. The zero-order chi connectivity index (χ0) is 15.2. The van der Waals surface area contributed by atoms with Gasteiger partial charge in [0.15, 0.2) is 0 Å². The van der Waals surface area contributed by atoms with E-state index in [0.29, 0.717) is 6.04 Å². The van der Waals surface area contributed by atoms with E-state index in [9.17, 15) is 4.79 Å². The number of hydrogen-bond acceptors (Lipinski definition) is 2. The molecule has 3 unspecified atom stereocenters. The number of urea groups is 1. The summed E-state index contributed by atoms with van der Waals surface area (Å²) in [4.78, 5) is 16.7. The van der Waals surface area contributed by atoms with Gasteiger partial charge in [0.05, 0.1) is 0 Å². The average Bonchev–Trinajstić information content (AvgIpc) is 2.46. The summed E-state index contributed by atoms with van der Waals surface area (Å²) in [5, 5.41) is 3.10. The van der Waals surface area contributed by atoms with Crippen molar-refractivity contribution < 1.29 is 4.79 Å². The molecule has 0 radical (unpaired) electrons. The second kappa shape index (κ2) is 8.02. The number of amides is 2. The molecule has 0 bridgehead atoms. The van der Waals surface area contributed by atoms with E-state index in [1.54, 1.807) is 0 Å². The van der Waals surface area contributed by atoms with E-state index in [0.717, 1.165) is 37.8 Å². The van der Waals surface area contributed by atoms with Gasteiger partial charge in [-0.15, -0.1) is 0 Å². The summed E-state index contributed by atoms with van der Waals surface area (Å²) in [6.45, 7) is 8.77. The van der Waals surface area contributed by atoms with E-state index in [1.807, 2.05) is 11.9 Å². The first kappa shape index (κ1) is 16.6. The average molecular weight is 295 g/mol. The van der Waals surface area contributed by atoms with Crippen LogP contribution in [0.2, 0.25) is 0 Å². The number of nitrogens with one attached hydrogen (secondary N) is 1. The first-order valence-corrected chi connectivity index (χ1v) is 8.79. The summed E-state index contributed by atoms with van der Waals surface area (Å²) in [6.07, 6.45) is 7.56. The fourth-order valence-electron chi connectivity index (χ4n) is 3.86. The molecule has 0 aromatic rings. The molecule has 4 nitrogen and oxygen atoms in total. The Morgan fingerprint density at radius 1 is 1.19 bits per heavy atom. The third kappa shape index (κ3) is 5.17. The number of likely N-dealkylation sites (tertiary alicyclic amines) is 1. The van der Waals surface area contributed by atoms with Crippen LogP contribution in [0.5, 0.6) is 0 Å². The predicted molar refractivity (Wildman–Crippen MR) is 87.4 cm³/mol. The molecule has 21 heavy (non-hydrogen) atoms. The van der Waals surface area contributed by atoms with E-state index in [1.165, 1.54) is 38.8 Å². The minimum atomic E-state index is 0.110. The summed E-state index contributed by atoms with van der Waals surface area (Å²) in [7, 11) is 1.96. The molecule has 0 aromatic carbocycles. The lowest BCUT2D eigenvalue weighted by Gasteiger charge is -2.34. The fraction of sp³-hybridized carbons (Fsp3) is 0.941. The van der Waals surface area contributed by atoms with Gasteiger partial charge < -0.3 is 15.1 Å². The highest BCUT2D eigenvalue weighted by atomic mass is 16.2. The van der Waals surface area contributed by atoms with Crippen molar-refractivity contribution >= 4 is 6.03 Å². The Morgan fingerprint density at radius 2 is 1.95 bits per heavy atom. The van der Waals surface area contributed by atoms with Gasteiger partial charge in [0.1, 0.15) is 0 Å². The van der Waals surface area contributed by atoms with Gasteiger partial charge in [-0.3, -0.25) is 0 Å². The van der Waals surface area contributed by atoms with Crippen molar-refractivity contribution in [2.75, 3.05) is 33.2 Å². The van der Waals surface area contributed by atoms with Crippen molar-refractivity contribution in [2.45, 2.75) is 58.4 Å². The van der Waals surface area contributed by atoms with Crippen molar-refractivity contribution in [3.05, 3.63) is 0 Å². The van der Waals surface area contributed by atoms with Gasteiger partial charge >= 0.3 is 6.03 Å². The number of carbonyl (C=O) groups is 1. The van der Waals surface area contributed by atoms with Crippen LogP contribution in [-0.4, -0.2) is 55.1 Å². The lowest BCUT2D eigenvalue weighted by molar-refractivity contribution is 0.155. The molecule has 1 heterocycles. The monoisotopic (exact) mass is 295 g/mol. The molecule has 1 saturated heterocycles. The molecule has 1 saturated carbocycles. The number of carbonyl (C=O) groups excluding carboxylic acids is 1. The summed E-state index contributed by atoms with van der Waals surface area (Å²) >= 11 is 0. The Kier molecular flexibility index (Phi) is 6.34. The van der Waals surface area contributed by atoms with Crippen molar-refractivity contribution in [1.82, 2.24) is 15.1 Å². The van der Waals surface area contributed by atoms with Crippen LogP contribution in [0.3, 0.4) is 0 Å². The van der Waals surface area contributed by atoms with Crippen molar-refractivity contribution in [2.24, 2.45) is 11.8 Å². The molecule has 1 aliphatic heterocycles. The first-order chi connectivity index (χ1) is 10.1. The molecule has 2 amide bonds. The zero-order valence-corrected chi connectivity index (χ0v) is 14.1. The molecule has 4 heteroatoms. The van der Waals surface area contributed by atoms with Crippen LogP contribution >= 0.6 is 0 Å². The van der Waals surface area contributed by atoms with Gasteiger partial charge in [-0.25, -0.2) is 4.79 Å². The second-order valence-electron chi connectivity index (χ2n) is 7.32. The van der Waals surface area contributed by atoms with E-state index >= 15 is 0 Å². The van der Waals surface area contributed by atoms with Crippen LogP contribution in [0.1, 0.15) is 52.4 Å². The molecule has 2 rings (SSSR count). The van der Waals surface area contributed by atoms with Gasteiger partial charge in [-0.1, -0.05) is 26.7 Å². The van der Waals surface area contributed by atoms with Crippen LogP contribution in [0, 0.1) is 11.8 Å². The minimum Gasteiger partial charge on any atom is -0.337 e. The predicted octanol–water partition coefficient (Wildman–Crippen LogP) is 2.94. The topological polar surface area (TPSA) is 35.6 Å². The van der Waals surface area contributed by atoms with Gasteiger partial charge in [0.2, 0.25) is 0 Å². The minimum absolute atomic E-state index is 0.110. The molecular formula is C17H33N3O. The van der Waals surface area contributed by atoms with Crippen LogP contribution in [0.4, 0.5) is 4.79 Å². The lowest BCUT2D eigenvalue weighted by Crippen LogP contribution is -2.47. The van der Waals surface area contributed by atoms with Crippen LogP contribution in [0.25, 0.3) is 0 Å². The zero-order valence-electron chi connectivity index (χ0n) is 14.1. The van der Waals surface area contributed by atoms with Gasteiger partial charge in [-0.2, -0.15) is 0 Å². The molecule has 1 N–H and O–H groups in total. The summed E-state index contributed by atoms with van der Waals surface area (Å²) in [5.74, 6) is 1.56. The van der Waals surface area contributed by atoms with Crippen LogP contribution < -0.4 is 5.32 Å². The maximum atomic E-state index is 12.3. The van der Waals surface area contributed by atoms with Crippen molar-refractivity contribution in [3.8, 4) is 0 Å². The number of hydrogen-bond donors (Lipinski definition) is 1. The molecule has 1 aliphatic carbocycles. The molecule has 0 spiro atoms. The fourth-order valence-corrected chi connectivity index (χ4v) is 3.86. The Balaban J connectivity index is 1.66. The Morgan fingerprint density at radius 3 is 2.67 bits per heavy atom. The maximum absolute atomic E-state index is 12.3. The lowest BCUT2D eigenvalue weighted by atomic mass is 9.86. The van der Waals surface area contributed by atoms with Crippen LogP contribution in [0.15, 0.2) is 0 Å². The number of piperidine rings is 1. The highest BCUT2D eigenvalue weighted by Gasteiger charge is 2.25. The third-order valence-corrected chi connectivity index (χ3v) is 5.22. The smallest absolute Gasteiger partial charge is 0.317 e. The van der Waals surface area contributed by atoms with Gasteiger partial charge in [0.25, 0.3) is 0 Å². The Hall–Kier alpha value is -0.770. The second-order valence-corrected chi connectivity index (χ2v) is 7.32. The van der Waals surface area contributed by atoms with E-state index < -0.39 is 0 Å². The first-order valence-electron chi connectivity index (χ1n) is 8.79. The molecule has 2 aliphatic rings. The Bertz CT molecular complexity index is 334. The number of nitrogens with zero attached hydrogens (tertiary/aromatic N) is 2. The van der Waals surface area contributed by atoms with Crippen molar-refractivity contribution in [3.63, 3.8) is 0 Å². The summed E-state index contributed by atoms with van der Waals surface area (Å²) in [5.41, 5.74) is 0. The molecular weight excluding hydrogens is 262 g/mol. The summed E-state index contributed by atoms with van der Waals surface area (Å²) < 4.78 is 0. The van der Waals surface area contributed by atoms with Crippen molar-refractivity contribution in [1.29, 1.82) is 0 Å². The van der Waals surface area contributed by atoms with Gasteiger partial charge in [0, 0.05) is 32.7 Å². The molecule has 2 fully saturated rings.